The molecule has 0 saturated carbocycles. The lowest BCUT2D eigenvalue weighted by Crippen LogP contribution is -2.02. The molecule has 0 saturated heterocycles. The highest BCUT2D eigenvalue weighted by molar-refractivity contribution is 5.45. The van der Waals surface area contributed by atoms with Crippen LogP contribution < -0.4 is 4.74 Å². The van der Waals surface area contributed by atoms with Crippen LogP contribution in [0.3, 0.4) is 0 Å². The SMILES string of the molecule is CCCOc1ccccc1-n1cc(CO)nn1. The Morgan fingerprint density at radius 1 is 1.35 bits per heavy atom. The van der Waals surface area contributed by atoms with Crippen LogP contribution in [0, 0.1) is 0 Å². The van der Waals surface area contributed by atoms with Gasteiger partial charge in [0.2, 0.25) is 0 Å². The molecule has 1 aromatic heterocycles. The summed E-state index contributed by atoms with van der Waals surface area (Å²) in [5.74, 6) is 0.767. The van der Waals surface area contributed by atoms with Gasteiger partial charge in [-0.15, -0.1) is 5.10 Å². The quantitative estimate of drug-likeness (QED) is 0.851. The van der Waals surface area contributed by atoms with Gasteiger partial charge in [0.1, 0.15) is 17.1 Å². The number of ether oxygens (including phenoxy) is 1. The first-order chi connectivity index (χ1) is 8.35. The smallest absolute Gasteiger partial charge is 0.145 e. The lowest BCUT2D eigenvalue weighted by Gasteiger charge is -2.09. The van der Waals surface area contributed by atoms with Crippen molar-refractivity contribution >= 4 is 0 Å². The number of nitrogens with zero attached hydrogens (tertiary/aromatic N) is 3. The van der Waals surface area contributed by atoms with E-state index in [1.807, 2.05) is 24.3 Å². The van der Waals surface area contributed by atoms with Crippen molar-refractivity contribution in [1.29, 1.82) is 0 Å². The molecule has 0 bridgehead atoms. The van der Waals surface area contributed by atoms with Crippen LogP contribution in [0.25, 0.3) is 5.69 Å². The van der Waals surface area contributed by atoms with Gasteiger partial charge in [-0.25, -0.2) is 4.68 Å². The average molecular weight is 233 g/mol. The molecule has 17 heavy (non-hydrogen) atoms. The van der Waals surface area contributed by atoms with Gasteiger partial charge in [-0.2, -0.15) is 0 Å². The highest BCUT2D eigenvalue weighted by Gasteiger charge is 2.07. The Labute approximate surface area is 99.7 Å². The number of rotatable bonds is 5. The molecule has 0 radical (unpaired) electrons. The molecule has 0 aliphatic carbocycles. The van der Waals surface area contributed by atoms with Crippen molar-refractivity contribution in [3.63, 3.8) is 0 Å². The molecular weight excluding hydrogens is 218 g/mol. The summed E-state index contributed by atoms with van der Waals surface area (Å²) < 4.78 is 7.24. The summed E-state index contributed by atoms with van der Waals surface area (Å²) >= 11 is 0. The van der Waals surface area contributed by atoms with E-state index in [4.69, 9.17) is 9.84 Å². The Kier molecular flexibility index (Phi) is 3.72. The minimum absolute atomic E-state index is 0.113. The number of para-hydroxylation sites is 2. The fraction of sp³-hybridized carbons (Fsp3) is 0.333. The molecule has 0 aliphatic rings. The van der Waals surface area contributed by atoms with Crippen LogP contribution in [0.5, 0.6) is 5.75 Å². The summed E-state index contributed by atoms with van der Waals surface area (Å²) in [6, 6.07) is 7.62. The number of hydrogen-bond acceptors (Lipinski definition) is 4. The topological polar surface area (TPSA) is 60.2 Å². The van der Waals surface area contributed by atoms with E-state index in [1.54, 1.807) is 10.9 Å². The third kappa shape index (κ3) is 2.62. The first kappa shape index (κ1) is 11.6. The molecule has 5 heteroatoms. The van der Waals surface area contributed by atoms with Crippen LogP contribution in [0.4, 0.5) is 0 Å². The molecule has 2 rings (SSSR count). The van der Waals surface area contributed by atoms with Gasteiger partial charge in [-0.3, -0.25) is 0 Å². The van der Waals surface area contributed by atoms with Gasteiger partial charge in [-0.1, -0.05) is 24.3 Å². The fourth-order valence-corrected chi connectivity index (χ4v) is 1.47. The molecule has 0 atom stereocenters. The first-order valence-electron chi connectivity index (χ1n) is 5.59. The molecule has 1 aromatic carbocycles. The number of aliphatic hydroxyl groups excluding tert-OH is 1. The minimum atomic E-state index is -0.113. The Balaban J connectivity index is 2.30. The van der Waals surface area contributed by atoms with Crippen molar-refractivity contribution in [1.82, 2.24) is 15.0 Å². The van der Waals surface area contributed by atoms with E-state index in [-0.39, 0.29) is 6.61 Å². The van der Waals surface area contributed by atoms with Crippen LogP contribution in [-0.2, 0) is 6.61 Å². The van der Waals surface area contributed by atoms with E-state index < -0.39 is 0 Å². The highest BCUT2D eigenvalue weighted by Crippen LogP contribution is 2.21. The number of hydrogen-bond donors (Lipinski definition) is 1. The van der Waals surface area contributed by atoms with E-state index in [0.717, 1.165) is 17.9 Å². The maximum absolute atomic E-state index is 8.96. The predicted molar refractivity (Wildman–Crippen MR) is 63.1 cm³/mol. The second kappa shape index (κ2) is 5.45. The van der Waals surface area contributed by atoms with E-state index in [0.29, 0.717) is 12.3 Å². The van der Waals surface area contributed by atoms with Crippen LogP contribution in [0.1, 0.15) is 19.0 Å². The summed E-state index contributed by atoms with van der Waals surface area (Å²) in [7, 11) is 0. The van der Waals surface area contributed by atoms with Crippen molar-refractivity contribution in [2.45, 2.75) is 20.0 Å². The van der Waals surface area contributed by atoms with Gasteiger partial charge < -0.3 is 9.84 Å². The van der Waals surface area contributed by atoms with E-state index in [1.165, 1.54) is 0 Å². The zero-order valence-electron chi connectivity index (χ0n) is 9.71. The predicted octanol–water partition coefficient (Wildman–Crippen LogP) is 1.55. The Morgan fingerprint density at radius 2 is 2.18 bits per heavy atom. The van der Waals surface area contributed by atoms with Gasteiger partial charge in [0.05, 0.1) is 19.4 Å². The monoisotopic (exact) mass is 233 g/mol. The van der Waals surface area contributed by atoms with E-state index in [2.05, 4.69) is 17.2 Å². The second-order valence-corrected chi connectivity index (χ2v) is 3.63. The zero-order valence-corrected chi connectivity index (χ0v) is 9.71. The van der Waals surface area contributed by atoms with E-state index in [9.17, 15) is 0 Å². The van der Waals surface area contributed by atoms with Gasteiger partial charge >= 0.3 is 0 Å². The van der Waals surface area contributed by atoms with Crippen LogP contribution in [0.15, 0.2) is 30.5 Å². The van der Waals surface area contributed by atoms with Crippen LogP contribution in [-0.4, -0.2) is 26.7 Å². The molecule has 2 aromatic rings. The Hall–Kier alpha value is -1.88. The molecule has 0 aliphatic heterocycles. The summed E-state index contributed by atoms with van der Waals surface area (Å²) in [6.07, 6.45) is 2.64. The summed E-state index contributed by atoms with van der Waals surface area (Å²) in [6.45, 7) is 2.61. The van der Waals surface area contributed by atoms with Gasteiger partial charge in [0.25, 0.3) is 0 Å². The molecule has 1 N–H and O–H groups in total. The standard InChI is InChI=1S/C12H15N3O2/c1-2-7-17-12-6-4-3-5-11(12)15-8-10(9-16)13-14-15/h3-6,8,16H,2,7,9H2,1H3. The average Bonchev–Trinajstić information content (AvgIpc) is 2.85. The highest BCUT2D eigenvalue weighted by atomic mass is 16.5. The summed E-state index contributed by atoms with van der Waals surface area (Å²) in [5, 5.41) is 16.8. The summed E-state index contributed by atoms with van der Waals surface area (Å²) in [4.78, 5) is 0. The van der Waals surface area contributed by atoms with Crippen molar-refractivity contribution in [3.05, 3.63) is 36.2 Å². The second-order valence-electron chi connectivity index (χ2n) is 3.63. The van der Waals surface area contributed by atoms with Crippen molar-refractivity contribution in [2.75, 3.05) is 6.61 Å². The van der Waals surface area contributed by atoms with Crippen molar-refractivity contribution in [2.24, 2.45) is 0 Å². The fourth-order valence-electron chi connectivity index (χ4n) is 1.47. The molecule has 0 spiro atoms. The lowest BCUT2D eigenvalue weighted by molar-refractivity contribution is 0.276. The minimum Gasteiger partial charge on any atom is -0.491 e. The lowest BCUT2D eigenvalue weighted by atomic mass is 10.3. The Bertz CT molecular complexity index is 482. The van der Waals surface area contributed by atoms with Gasteiger partial charge in [-0.05, 0) is 18.6 Å². The van der Waals surface area contributed by atoms with Crippen LogP contribution >= 0.6 is 0 Å². The molecule has 5 nitrogen and oxygen atoms in total. The van der Waals surface area contributed by atoms with Gasteiger partial charge in [0.15, 0.2) is 0 Å². The number of benzene rings is 1. The number of aliphatic hydroxyl groups is 1. The Morgan fingerprint density at radius 3 is 2.88 bits per heavy atom. The van der Waals surface area contributed by atoms with Gasteiger partial charge in [0, 0.05) is 0 Å². The molecule has 1 heterocycles. The largest absolute Gasteiger partial charge is 0.491 e. The van der Waals surface area contributed by atoms with Crippen molar-refractivity contribution < 1.29 is 9.84 Å². The number of aromatic nitrogens is 3. The van der Waals surface area contributed by atoms with Crippen LogP contribution in [0.2, 0.25) is 0 Å². The maximum Gasteiger partial charge on any atom is 0.145 e. The molecule has 90 valence electrons. The molecule has 0 unspecified atom stereocenters. The molecule has 0 amide bonds. The third-order valence-corrected chi connectivity index (χ3v) is 2.28. The normalized spacial score (nSPS) is 10.5. The molecular formula is C12H15N3O2. The maximum atomic E-state index is 8.96. The molecule has 0 fully saturated rings. The zero-order chi connectivity index (χ0) is 12.1. The first-order valence-corrected chi connectivity index (χ1v) is 5.59. The van der Waals surface area contributed by atoms with E-state index >= 15 is 0 Å². The third-order valence-electron chi connectivity index (χ3n) is 2.28. The summed E-state index contributed by atoms with van der Waals surface area (Å²) in [5.41, 5.74) is 1.36. The van der Waals surface area contributed by atoms with Crippen molar-refractivity contribution in [3.8, 4) is 11.4 Å².